The van der Waals surface area contributed by atoms with Crippen LogP contribution in [0.4, 0.5) is 4.79 Å². The predicted octanol–water partition coefficient (Wildman–Crippen LogP) is 4.17. The highest BCUT2D eigenvalue weighted by Gasteiger charge is 2.29. The Kier molecular flexibility index (Phi) is 8.46. The Morgan fingerprint density at radius 3 is 2.15 bits per heavy atom. The van der Waals surface area contributed by atoms with Crippen molar-refractivity contribution in [2.45, 2.75) is 39.0 Å². The molecule has 0 saturated carbocycles. The van der Waals surface area contributed by atoms with Crippen LogP contribution in [-0.4, -0.2) is 42.8 Å². The van der Waals surface area contributed by atoms with E-state index >= 15 is 0 Å². The smallest absolute Gasteiger partial charge is 0.407 e. The number of fused-ring (bicyclic) bond motifs is 3. The van der Waals surface area contributed by atoms with Crippen molar-refractivity contribution in [1.29, 1.82) is 0 Å². The summed E-state index contributed by atoms with van der Waals surface area (Å²) in [5.74, 6) is -0.877. The maximum absolute atomic E-state index is 12.4. The van der Waals surface area contributed by atoms with Gasteiger partial charge in [-0.25, -0.2) is 4.79 Å². The van der Waals surface area contributed by atoms with Crippen molar-refractivity contribution < 1.29 is 24.2 Å². The number of carboxylic acid groups (broad SMARTS) is 1. The molecule has 2 amide bonds. The average molecular weight is 453 g/mol. The summed E-state index contributed by atoms with van der Waals surface area (Å²) in [7, 11) is 0. The highest BCUT2D eigenvalue weighted by molar-refractivity contribution is 5.79. The molecule has 7 heteroatoms. The molecular weight excluding hydrogens is 420 g/mol. The normalized spacial score (nSPS) is 13.2. The summed E-state index contributed by atoms with van der Waals surface area (Å²) in [6.07, 6.45) is 0.368. The topological polar surface area (TPSA) is 105 Å². The third-order valence-electron chi connectivity index (χ3n) is 5.82. The van der Waals surface area contributed by atoms with Gasteiger partial charge < -0.3 is 20.5 Å². The van der Waals surface area contributed by atoms with Gasteiger partial charge in [0.2, 0.25) is 5.91 Å². The summed E-state index contributed by atoms with van der Waals surface area (Å²) in [6, 6.07) is 16.3. The first-order chi connectivity index (χ1) is 15.8. The number of amides is 2. The minimum absolute atomic E-state index is 0.00498. The standard InChI is InChI=1S/C26H32N2O5/c1-17(2)13-18(14-24(29)27-12-11-25(30)31)15-28-26(32)33-16-23-21-9-5-3-7-19(21)20-8-4-6-10-22(20)23/h3-10,17-18,23H,11-16H2,1-2H3,(H,27,29)(H,28,32)(H,30,31)/t18-/m0/s1. The summed E-state index contributed by atoms with van der Waals surface area (Å²) in [5.41, 5.74) is 4.66. The monoisotopic (exact) mass is 452 g/mol. The van der Waals surface area contributed by atoms with Crippen LogP contribution in [0.2, 0.25) is 0 Å². The van der Waals surface area contributed by atoms with Crippen LogP contribution in [-0.2, 0) is 14.3 Å². The van der Waals surface area contributed by atoms with Crippen molar-refractivity contribution in [1.82, 2.24) is 10.6 Å². The molecular formula is C26H32N2O5. The van der Waals surface area contributed by atoms with E-state index in [4.69, 9.17) is 9.84 Å². The Morgan fingerprint density at radius 1 is 0.970 bits per heavy atom. The van der Waals surface area contributed by atoms with Crippen molar-refractivity contribution in [3.8, 4) is 11.1 Å². The van der Waals surface area contributed by atoms with Gasteiger partial charge in [-0.1, -0.05) is 62.4 Å². The van der Waals surface area contributed by atoms with Gasteiger partial charge in [0.05, 0.1) is 6.42 Å². The molecule has 33 heavy (non-hydrogen) atoms. The van der Waals surface area contributed by atoms with Gasteiger partial charge >= 0.3 is 12.1 Å². The van der Waals surface area contributed by atoms with E-state index in [1.54, 1.807) is 0 Å². The summed E-state index contributed by atoms with van der Waals surface area (Å²) in [4.78, 5) is 35.2. The van der Waals surface area contributed by atoms with Crippen LogP contribution in [0.15, 0.2) is 48.5 Å². The number of carbonyl (C=O) groups is 3. The highest BCUT2D eigenvalue weighted by Crippen LogP contribution is 2.44. The first kappa shape index (κ1) is 24.3. The quantitative estimate of drug-likeness (QED) is 0.475. The van der Waals surface area contributed by atoms with Crippen molar-refractivity contribution >= 4 is 18.0 Å². The molecule has 1 aliphatic carbocycles. The molecule has 176 valence electrons. The number of carbonyl (C=O) groups excluding carboxylic acids is 2. The Hall–Kier alpha value is -3.35. The molecule has 1 atom stereocenters. The molecule has 2 aromatic rings. The molecule has 7 nitrogen and oxygen atoms in total. The molecule has 0 radical (unpaired) electrons. The molecule has 0 spiro atoms. The lowest BCUT2D eigenvalue weighted by Crippen LogP contribution is -2.35. The third kappa shape index (κ3) is 6.81. The summed E-state index contributed by atoms with van der Waals surface area (Å²) >= 11 is 0. The van der Waals surface area contributed by atoms with E-state index in [2.05, 4.69) is 48.7 Å². The third-order valence-corrected chi connectivity index (χ3v) is 5.82. The maximum Gasteiger partial charge on any atom is 0.407 e. The van der Waals surface area contributed by atoms with Crippen molar-refractivity contribution in [2.75, 3.05) is 19.7 Å². The van der Waals surface area contributed by atoms with Crippen LogP contribution in [0.1, 0.15) is 50.2 Å². The number of benzene rings is 2. The van der Waals surface area contributed by atoms with Crippen LogP contribution in [0.25, 0.3) is 11.1 Å². The zero-order valence-corrected chi connectivity index (χ0v) is 19.2. The van der Waals surface area contributed by atoms with E-state index in [1.165, 1.54) is 11.1 Å². The van der Waals surface area contributed by atoms with Crippen molar-refractivity contribution in [3.63, 3.8) is 0 Å². The Bertz CT molecular complexity index is 943. The number of nitrogens with one attached hydrogen (secondary N) is 2. The van der Waals surface area contributed by atoms with E-state index < -0.39 is 12.1 Å². The molecule has 0 bridgehead atoms. The largest absolute Gasteiger partial charge is 0.481 e. The van der Waals surface area contributed by atoms with Gasteiger partial charge in [-0.15, -0.1) is 0 Å². The Balaban J connectivity index is 1.52. The number of aliphatic carboxylic acids is 1. The minimum Gasteiger partial charge on any atom is -0.481 e. The van der Waals surface area contributed by atoms with E-state index in [0.29, 0.717) is 12.5 Å². The van der Waals surface area contributed by atoms with Crippen LogP contribution >= 0.6 is 0 Å². The van der Waals surface area contributed by atoms with Gasteiger partial charge in [0.25, 0.3) is 0 Å². The van der Waals surface area contributed by atoms with E-state index in [9.17, 15) is 14.4 Å². The molecule has 0 aliphatic heterocycles. The van der Waals surface area contributed by atoms with Gasteiger partial charge in [-0.2, -0.15) is 0 Å². The number of carboxylic acids is 1. The number of rotatable bonds is 11. The molecule has 0 saturated heterocycles. The molecule has 3 rings (SSSR count). The first-order valence-electron chi connectivity index (χ1n) is 11.4. The van der Waals surface area contributed by atoms with Gasteiger partial charge in [0.1, 0.15) is 6.61 Å². The van der Waals surface area contributed by atoms with Crippen LogP contribution < -0.4 is 10.6 Å². The van der Waals surface area contributed by atoms with Crippen molar-refractivity contribution in [3.05, 3.63) is 59.7 Å². The van der Waals surface area contributed by atoms with Crippen LogP contribution in [0, 0.1) is 11.8 Å². The summed E-state index contributed by atoms with van der Waals surface area (Å²) < 4.78 is 5.58. The molecule has 0 aromatic heterocycles. The molecule has 0 fully saturated rings. The average Bonchev–Trinajstić information content (AvgIpc) is 3.09. The van der Waals surface area contributed by atoms with Crippen molar-refractivity contribution in [2.24, 2.45) is 11.8 Å². The minimum atomic E-state index is -0.953. The van der Waals surface area contributed by atoms with Crippen LogP contribution in [0.3, 0.4) is 0 Å². The predicted molar refractivity (Wildman–Crippen MR) is 126 cm³/mol. The van der Waals surface area contributed by atoms with Crippen LogP contribution in [0.5, 0.6) is 0 Å². The van der Waals surface area contributed by atoms with Gasteiger partial charge in [-0.3, -0.25) is 9.59 Å². The SMILES string of the molecule is CC(C)C[C@H](CNC(=O)OCC1c2ccccc2-c2ccccc21)CC(=O)NCCC(=O)O. The zero-order valence-electron chi connectivity index (χ0n) is 19.2. The Labute approximate surface area is 194 Å². The second-order valence-corrected chi connectivity index (χ2v) is 8.90. The molecule has 0 unspecified atom stereocenters. The maximum atomic E-state index is 12.4. The van der Waals surface area contributed by atoms with Gasteiger partial charge in [-0.05, 0) is 40.5 Å². The van der Waals surface area contributed by atoms with Gasteiger partial charge in [0, 0.05) is 25.4 Å². The molecule has 2 aromatic carbocycles. The second-order valence-electron chi connectivity index (χ2n) is 8.90. The molecule has 0 heterocycles. The van der Waals surface area contributed by atoms with E-state index in [1.807, 2.05) is 24.3 Å². The molecule has 1 aliphatic rings. The fraction of sp³-hybridized carbons (Fsp3) is 0.423. The lowest BCUT2D eigenvalue weighted by atomic mass is 9.93. The summed E-state index contributed by atoms with van der Waals surface area (Å²) in [6.45, 7) is 4.78. The number of alkyl carbamates (subject to hydrolysis) is 1. The van der Waals surface area contributed by atoms with Gasteiger partial charge in [0.15, 0.2) is 0 Å². The lowest BCUT2D eigenvalue weighted by molar-refractivity contribution is -0.136. The second kappa shape index (κ2) is 11.5. The zero-order chi connectivity index (χ0) is 23.8. The highest BCUT2D eigenvalue weighted by atomic mass is 16.5. The fourth-order valence-corrected chi connectivity index (χ4v) is 4.43. The first-order valence-corrected chi connectivity index (χ1v) is 11.4. The number of ether oxygens (including phenoxy) is 1. The summed E-state index contributed by atoms with van der Waals surface area (Å²) in [5, 5.41) is 14.1. The van der Waals surface area contributed by atoms with E-state index in [0.717, 1.165) is 17.5 Å². The van der Waals surface area contributed by atoms with E-state index in [-0.39, 0.29) is 43.7 Å². The number of hydrogen-bond donors (Lipinski definition) is 3. The Morgan fingerprint density at radius 2 is 1.58 bits per heavy atom. The lowest BCUT2D eigenvalue weighted by Gasteiger charge is -2.20. The molecule has 3 N–H and O–H groups in total. The number of hydrogen-bond acceptors (Lipinski definition) is 4. The fourth-order valence-electron chi connectivity index (χ4n) is 4.43.